The minimum Gasteiger partial charge on any atom is -0.462 e. The smallest absolute Gasteiger partial charge is 0.462 e. The van der Waals surface area contributed by atoms with Gasteiger partial charge in [-0.3, -0.25) is 18.6 Å². The lowest BCUT2D eigenvalue weighted by Gasteiger charge is -2.19. The Morgan fingerprint density at radius 2 is 1.02 bits per heavy atom. The molecule has 0 aliphatic carbocycles. The average molecular weight is 742 g/mol. The number of rotatable bonds is 38. The van der Waals surface area contributed by atoms with Crippen LogP contribution in [0.5, 0.6) is 0 Å². The van der Waals surface area contributed by atoms with Crippen molar-refractivity contribution in [2.75, 3.05) is 26.4 Å². The van der Waals surface area contributed by atoms with Crippen LogP contribution in [0.25, 0.3) is 0 Å². The van der Waals surface area contributed by atoms with E-state index in [9.17, 15) is 19.0 Å². The lowest BCUT2D eigenvalue weighted by molar-refractivity contribution is -0.161. The molecule has 51 heavy (non-hydrogen) atoms. The van der Waals surface area contributed by atoms with Gasteiger partial charge in [-0.25, -0.2) is 4.57 Å². The second-order valence-electron chi connectivity index (χ2n) is 13.5. The third-order valence-electron chi connectivity index (χ3n) is 8.50. The number of esters is 2. The number of hydrogen-bond acceptors (Lipinski definition) is 8. The fraction of sp³-hybridized carbons (Fsp3) is 0.805. The van der Waals surface area contributed by atoms with Gasteiger partial charge in [0.05, 0.1) is 13.2 Å². The Hall–Kier alpha value is -1.77. The molecule has 0 saturated heterocycles. The number of phosphoric acid groups is 1. The first-order valence-corrected chi connectivity index (χ1v) is 22.0. The van der Waals surface area contributed by atoms with Crippen LogP contribution in [0.15, 0.2) is 36.5 Å². The summed E-state index contributed by atoms with van der Waals surface area (Å²) in [5.41, 5.74) is 5.34. The van der Waals surface area contributed by atoms with Crippen molar-refractivity contribution in [1.82, 2.24) is 0 Å². The van der Waals surface area contributed by atoms with Gasteiger partial charge in [-0.05, 0) is 70.6 Å². The summed E-state index contributed by atoms with van der Waals surface area (Å²) in [4.78, 5) is 34.8. The van der Waals surface area contributed by atoms with Crippen LogP contribution in [0.1, 0.15) is 181 Å². The molecule has 0 aliphatic heterocycles. The first kappa shape index (κ1) is 49.2. The molecule has 3 N–H and O–H groups in total. The molecule has 0 heterocycles. The molecule has 0 fully saturated rings. The maximum atomic E-state index is 12.5. The van der Waals surface area contributed by atoms with Gasteiger partial charge in [-0.2, -0.15) is 0 Å². The monoisotopic (exact) mass is 742 g/mol. The summed E-state index contributed by atoms with van der Waals surface area (Å²) in [6, 6.07) is 0. The Kier molecular flexibility index (Phi) is 36.7. The van der Waals surface area contributed by atoms with Gasteiger partial charge in [0.2, 0.25) is 0 Å². The Morgan fingerprint density at radius 3 is 1.53 bits per heavy atom. The molecule has 2 atom stereocenters. The Labute approximate surface area is 312 Å². The largest absolute Gasteiger partial charge is 0.472 e. The highest BCUT2D eigenvalue weighted by Gasteiger charge is 2.25. The van der Waals surface area contributed by atoms with E-state index in [1.807, 2.05) is 0 Å². The molecule has 0 saturated carbocycles. The summed E-state index contributed by atoms with van der Waals surface area (Å²) in [5, 5.41) is 0. The molecule has 10 heteroatoms. The Bertz CT molecular complexity index is 939. The van der Waals surface area contributed by atoms with Crippen LogP contribution < -0.4 is 5.73 Å². The number of nitrogens with two attached hydrogens (primary N) is 1. The van der Waals surface area contributed by atoms with Crippen molar-refractivity contribution in [1.29, 1.82) is 0 Å². The molecule has 9 nitrogen and oxygen atoms in total. The molecule has 0 spiro atoms. The van der Waals surface area contributed by atoms with E-state index in [-0.39, 0.29) is 32.6 Å². The first-order valence-electron chi connectivity index (χ1n) is 20.5. The number of ether oxygens (including phenoxy) is 2. The van der Waals surface area contributed by atoms with Crippen LogP contribution in [0.2, 0.25) is 0 Å². The minimum absolute atomic E-state index is 0.0495. The number of carbonyl (C=O) groups excluding carboxylic acids is 2. The van der Waals surface area contributed by atoms with Crippen molar-refractivity contribution >= 4 is 19.8 Å². The van der Waals surface area contributed by atoms with E-state index in [0.717, 1.165) is 77.0 Å². The molecule has 0 radical (unpaired) electrons. The quantitative estimate of drug-likeness (QED) is 0.0274. The number of hydrogen-bond donors (Lipinski definition) is 2. The molecule has 0 aromatic rings. The standard InChI is InChI=1S/C41H76NO8P/c1-3-5-7-9-11-13-15-17-19-20-22-24-26-28-30-32-34-41(44)50-39(38-49-51(45,46)48-36-35-42)37-47-40(43)33-31-29-27-25-23-21-18-16-14-12-10-8-6-4-2/h13,15-16,18-20,39H,3-12,14,17,21-38,42H2,1-2H3,(H,45,46)/b15-13-,18-16-,20-19-. The lowest BCUT2D eigenvalue weighted by atomic mass is 10.1. The van der Waals surface area contributed by atoms with E-state index >= 15 is 0 Å². The van der Waals surface area contributed by atoms with Crippen molar-refractivity contribution in [3.8, 4) is 0 Å². The maximum absolute atomic E-state index is 12.5. The third-order valence-corrected chi connectivity index (χ3v) is 9.48. The van der Waals surface area contributed by atoms with Crippen LogP contribution in [0.3, 0.4) is 0 Å². The van der Waals surface area contributed by atoms with Crippen LogP contribution in [0.4, 0.5) is 0 Å². The molecular formula is C41H76NO8P. The van der Waals surface area contributed by atoms with Crippen molar-refractivity contribution in [2.24, 2.45) is 5.73 Å². The number of phosphoric ester groups is 1. The van der Waals surface area contributed by atoms with Gasteiger partial charge in [0, 0.05) is 19.4 Å². The van der Waals surface area contributed by atoms with E-state index in [0.29, 0.717) is 6.42 Å². The number of allylic oxidation sites excluding steroid dienone is 6. The zero-order valence-corrected chi connectivity index (χ0v) is 33.5. The Balaban J connectivity index is 4.23. The van der Waals surface area contributed by atoms with Gasteiger partial charge < -0.3 is 20.1 Å². The second-order valence-corrected chi connectivity index (χ2v) is 14.9. The van der Waals surface area contributed by atoms with Crippen LogP contribution in [0, 0.1) is 0 Å². The van der Waals surface area contributed by atoms with Crippen LogP contribution >= 0.6 is 7.82 Å². The normalized spacial score (nSPS) is 13.7. The summed E-state index contributed by atoms with van der Waals surface area (Å²) in [5.74, 6) is -0.855. The highest BCUT2D eigenvalue weighted by Crippen LogP contribution is 2.43. The summed E-state index contributed by atoms with van der Waals surface area (Å²) >= 11 is 0. The molecule has 298 valence electrons. The van der Waals surface area contributed by atoms with Crippen LogP contribution in [-0.4, -0.2) is 49.3 Å². The molecular weight excluding hydrogens is 665 g/mol. The SMILES string of the molecule is CCCCCC/C=C\C/C=C\CCCCCCCC(=O)OC(COC(=O)CCCCCCC/C=C\CCCCCCC)COP(=O)(O)OCCN. The number of unbranched alkanes of at least 4 members (excludes halogenated alkanes) is 19. The molecule has 0 aromatic carbocycles. The number of carbonyl (C=O) groups is 2. The van der Waals surface area contributed by atoms with E-state index in [1.54, 1.807) is 0 Å². The van der Waals surface area contributed by atoms with E-state index in [4.69, 9.17) is 24.3 Å². The van der Waals surface area contributed by atoms with E-state index in [2.05, 4.69) is 50.3 Å². The predicted octanol–water partition coefficient (Wildman–Crippen LogP) is 11.4. The van der Waals surface area contributed by atoms with Gasteiger partial charge in [-0.15, -0.1) is 0 Å². The Morgan fingerprint density at radius 1 is 0.588 bits per heavy atom. The zero-order valence-electron chi connectivity index (χ0n) is 32.6. The highest BCUT2D eigenvalue weighted by molar-refractivity contribution is 7.47. The molecule has 0 amide bonds. The summed E-state index contributed by atoms with van der Waals surface area (Å²) < 4.78 is 32.7. The first-order chi connectivity index (χ1) is 24.8. The van der Waals surface area contributed by atoms with E-state index < -0.39 is 32.5 Å². The molecule has 0 aromatic heterocycles. The maximum Gasteiger partial charge on any atom is 0.472 e. The molecule has 2 unspecified atom stereocenters. The summed E-state index contributed by atoms with van der Waals surface area (Å²) in [7, 11) is -4.38. The van der Waals surface area contributed by atoms with Gasteiger partial charge in [0.15, 0.2) is 6.10 Å². The minimum atomic E-state index is -4.38. The van der Waals surface area contributed by atoms with E-state index in [1.165, 1.54) is 70.6 Å². The predicted molar refractivity (Wildman–Crippen MR) is 210 cm³/mol. The zero-order chi connectivity index (χ0) is 37.5. The van der Waals surface area contributed by atoms with Crippen molar-refractivity contribution in [2.45, 2.75) is 187 Å². The van der Waals surface area contributed by atoms with Crippen molar-refractivity contribution < 1.29 is 37.6 Å². The van der Waals surface area contributed by atoms with Crippen LogP contribution in [-0.2, 0) is 32.7 Å². The fourth-order valence-electron chi connectivity index (χ4n) is 5.42. The molecule has 0 aliphatic rings. The fourth-order valence-corrected chi connectivity index (χ4v) is 6.19. The average Bonchev–Trinajstić information content (AvgIpc) is 3.11. The van der Waals surface area contributed by atoms with Gasteiger partial charge in [-0.1, -0.05) is 134 Å². The van der Waals surface area contributed by atoms with Crippen molar-refractivity contribution in [3.63, 3.8) is 0 Å². The van der Waals surface area contributed by atoms with Gasteiger partial charge in [0.1, 0.15) is 6.61 Å². The third kappa shape index (κ3) is 37.8. The topological polar surface area (TPSA) is 134 Å². The van der Waals surface area contributed by atoms with Gasteiger partial charge in [0.25, 0.3) is 0 Å². The van der Waals surface area contributed by atoms with Crippen molar-refractivity contribution in [3.05, 3.63) is 36.5 Å². The second kappa shape index (κ2) is 38.0. The summed E-state index contributed by atoms with van der Waals surface area (Å²) in [6.07, 6.45) is 40.2. The lowest BCUT2D eigenvalue weighted by Crippen LogP contribution is -2.29. The van der Waals surface area contributed by atoms with Gasteiger partial charge >= 0.3 is 19.8 Å². The molecule has 0 rings (SSSR count). The molecule has 0 bridgehead atoms. The summed E-state index contributed by atoms with van der Waals surface area (Å²) in [6.45, 7) is 3.67. The highest BCUT2D eigenvalue weighted by atomic mass is 31.2.